The number of carbonyl (C=O) groups is 1. The molecular weight excluding hydrogens is 421 g/mol. The summed E-state index contributed by atoms with van der Waals surface area (Å²) in [4.78, 5) is 11.0. The number of rotatable bonds is 9. The molecule has 0 spiro atoms. The Hall–Kier alpha value is -0.685. The molecule has 9 nitrogen and oxygen atoms in total. The third-order valence-electron chi connectivity index (χ3n) is 4.48. The highest BCUT2D eigenvalue weighted by molar-refractivity contribution is 7.53. The van der Waals surface area contributed by atoms with Crippen molar-refractivity contribution in [2.75, 3.05) is 25.9 Å². The molecule has 0 aromatic rings. The molecule has 166 valence electrons. The minimum Gasteiger partial charge on any atom is -0.394 e. The maximum Gasteiger partial charge on any atom is 0.471 e. The summed E-state index contributed by atoms with van der Waals surface area (Å²) in [6, 6.07) is -0.781. The second-order valence-electron chi connectivity index (χ2n) is 6.95. The third-order valence-corrected chi connectivity index (χ3v) is 6.38. The van der Waals surface area contributed by atoms with E-state index in [0.717, 1.165) is 0 Å². The third kappa shape index (κ3) is 7.20. The van der Waals surface area contributed by atoms with Gasteiger partial charge in [-0.25, -0.2) is 0 Å². The van der Waals surface area contributed by atoms with Gasteiger partial charge in [0.25, 0.3) is 0 Å². The lowest BCUT2D eigenvalue weighted by molar-refractivity contribution is -0.173. The van der Waals surface area contributed by atoms with Crippen molar-refractivity contribution in [3.05, 3.63) is 0 Å². The number of aliphatic hydroxyl groups excluding tert-OH is 2. The first-order valence-electron chi connectivity index (χ1n) is 9.06. The molecule has 2 saturated heterocycles. The van der Waals surface area contributed by atoms with E-state index in [1.165, 1.54) is 0 Å². The molecule has 2 aliphatic heterocycles. The molecule has 2 fully saturated rings. The summed E-state index contributed by atoms with van der Waals surface area (Å²) >= 11 is 0. The van der Waals surface area contributed by atoms with Gasteiger partial charge in [-0.1, -0.05) is 0 Å². The van der Waals surface area contributed by atoms with Crippen LogP contribution in [-0.4, -0.2) is 92.6 Å². The van der Waals surface area contributed by atoms with Crippen molar-refractivity contribution >= 4 is 21.3 Å². The molecule has 7 atom stereocenters. The number of hydrogen-bond acceptors (Lipinski definition) is 8. The first kappa shape index (κ1) is 24.6. The molecule has 1 amide bonds. The zero-order valence-electron chi connectivity index (χ0n) is 15.7. The van der Waals surface area contributed by atoms with Gasteiger partial charge in [-0.2, -0.15) is 13.2 Å². The van der Waals surface area contributed by atoms with Crippen molar-refractivity contribution in [2.45, 2.75) is 62.5 Å². The quantitative estimate of drug-likeness (QED) is 0.337. The zero-order chi connectivity index (χ0) is 21.8. The molecule has 7 unspecified atom stereocenters. The first-order chi connectivity index (χ1) is 13.4. The topological polar surface area (TPSA) is 124 Å². The smallest absolute Gasteiger partial charge is 0.394 e. The fourth-order valence-electron chi connectivity index (χ4n) is 3.05. The van der Waals surface area contributed by atoms with E-state index in [2.05, 4.69) is 0 Å². The van der Waals surface area contributed by atoms with E-state index in [0.29, 0.717) is 6.42 Å². The first-order valence-corrected chi connectivity index (χ1v) is 10.8. The molecule has 3 N–H and O–H groups in total. The van der Waals surface area contributed by atoms with Crippen LogP contribution in [0.4, 0.5) is 13.2 Å². The van der Waals surface area contributed by atoms with Crippen molar-refractivity contribution in [3.63, 3.8) is 0 Å². The van der Waals surface area contributed by atoms with Crippen molar-refractivity contribution in [2.24, 2.45) is 0 Å². The number of carbonyl (C=O) groups excluding carboxylic acids is 1. The van der Waals surface area contributed by atoms with Gasteiger partial charge in [-0.15, -0.1) is 0 Å². The monoisotopic (exact) mass is 445 g/mol. The highest BCUT2D eigenvalue weighted by atomic mass is 31.2. The van der Waals surface area contributed by atoms with Crippen LogP contribution in [0.15, 0.2) is 0 Å². The number of hydrogen-bond donors (Lipinski definition) is 3. The normalized spacial score (nSPS) is 34.8. The van der Waals surface area contributed by atoms with Gasteiger partial charge in [0.05, 0.1) is 37.7 Å². The summed E-state index contributed by atoms with van der Waals surface area (Å²) in [6.45, 7) is 0.281. The van der Waals surface area contributed by atoms with Crippen molar-refractivity contribution in [3.8, 4) is 0 Å². The molecule has 0 bridgehead atoms. The van der Waals surface area contributed by atoms with Gasteiger partial charge in [0, 0.05) is 19.0 Å². The Morgan fingerprint density at radius 1 is 1.31 bits per heavy atom. The predicted octanol–water partition coefficient (Wildman–Crippen LogP) is 0.0739. The van der Waals surface area contributed by atoms with Gasteiger partial charge >= 0.3 is 19.7 Å². The Bertz CT molecular complexity index is 613. The maximum atomic E-state index is 13.1. The molecule has 2 rings (SSSR count). The molecule has 0 aromatic carbocycles. The number of alkyl halides is 3. The lowest BCUT2D eigenvalue weighted by Gasteiger charge is -2.26. The van der Waals surface area contributed by atoms with E-state index in [1.54, 1.807) is 12.2 Å². The molecule has 0 aromatic heterocycles. The minimum absolute atomic E-state index is 0.0765. The number of aliphatic hydroxyl groups is 2. The van der Waals surface area contributed by atoms with Crippen molar-refractivity contribution in [1.29, 1.82) is 0 Å². The van der Waals surface area contributed by atoms with Gasteiger partial charge in [0.2, 0.25) is 0 Å². The SMILES string of the molecule is [B]C1CC(OP(=O)(CCNC(=O)C(F)(F)F)OCC2OC(C)CC2O)C(CO)O1. The number of nitrogens with one attached hydrogen (secondary N) is 1. The Morgan fingerprint density at radius 3 is 2.55 bits per heavy atom. The van der Waals surface area contributed by atoms with Crippen molar-refractivity contribution < 1.29 is 51.3 Å². The summed E-state index contributed by atoms with van der Waals surface area (Å²) in [5, 5.41) is 20.8. The summed E-state index contributed by atoms with van der Waals surface area (Å²) in [5.74, 6) is -2.19. The Morgan fingerprint density at radius 2 is 2.00 bits per heavy atom. The van der Waals surface area contributed by atoms with E-state index < -0.39 is 69.4 Å². The summed E-state index contributed by atoms with van der Waals surface area (Å²) in [7, 11) is 1.55. The van der Waals surface area contributed by atoms with Crippen LogP contribution in [0.5, 0.6) is 0 Å². The Balaban J connectivity index is 2.01. The minimum atomic E-state index is -5.09. The standard InChI is InChI=1S/C15H24BF3NO8P/c1-8-4-9(22)12(26-8)7-25-29(24,3-2-20-14(23)15(17,18)19)28-10-5-13(16)27-11(10)6-21/h8-13,21-22H,2-7H2,1H3,(H,20,23). The zero-order valence-corrected chi connectivity index (χ0v) is 16.6. The van der Waals surface area contributed by atoms with E-state index in [-0.39, 0.29) is 19.1 Å². The summed E-state index contributed by atoms with van der Waals surface area (Å²) in [5.41, 5.74) is 0. The van der Waals surface area contributed by atoms with Crippen LogP contribution in [0, 0.1) is 0 Å². The van der Waals surface area contributed by atoms with Gasteiger partial charge in [0.15, 0.2) is 0 Å². The highest BCUT2D eigenvalue weighted by Gasteiger charge is 2.42. The van der Waals surface area contributed by atoms with Crippen molar-refractivity contribution in [1.82, 2.24) is 5.32 Å². The summed E-state index contributed by atoms with van der Waals surface area (Å²) in [6.07, 6.45) is -8.95. The van der Waals surface area contributed by atoms with Crippen LogP contribution < -0.4 is 5.32 Å². The molecule has 2 radical (unpaired) electrons. The largest absolute Gasteiger partial charge is 0.471 e. The second kappa shape index (κ2) is 10.1. The predicted molar refractivity (Wildman–Crippen MR) is 93.4 cm³/mol. The fourth-order valence-corrected chi connectivity index (χ4v) is 4.74. The number of halogens is 3. The van der Waals surface area contributed by atoms with Crippen LogP contribution in [-0.2, 0) is 27.9 Å². The molecule has 14 heteroatoms. The second-order valence-corrected chi connectivity index (χ2v) is 9.09. The molecule has 29 heavy (non-hydrogen) atoms. The summed E-state index contributed by atoms with van der Waals surface area (Å²) < 4.78 is 71.5. The number of ether oxygens (including phenoxy) is 2. The highest BCUT2D eigenvalue weighted by Crippen LogP contribution is 2.51. The lowest BCUT2D eigenvalue weighted by Crippen LogP contribution is -2.38. The lowest BCUT2D eigenvalue weighted by atomic mass is 9.96. The Kier molecular flexibility index (Phi) is 8.55. The maximum absolute atomic E-state index is 13.1. The van der Waals surface area contributed by atoms with Gasteiger partial charge in [-0.05, 0) is 13.3 Å². The molecular formula is C15H24BF3NO8P. The van der Waals surface area contributed by atoms with Gasteiger partial charge < -0.3 is 34.1 Å². The van der Waals surface area contributed by atoms with Gasteiger partial charge in [0.1, 0.15) is 20.1 Å². The van der Waals surface area contributed by atoms with Gasteiger partial charge in [-0.3, -0.25) is 9.36 Å². The van der Waals surface area contributed by atoms with E-state index in [9.17, 15) is 32.7 Å². The average Bonchev–Trinajstić information content (AvgIpc) is 3.12. The number of amides is 1. The average molecular weight is 445 g/mol. The van der Waals surface area contributed by atoms with Crippen LogP contribution in [0.2, 0.25) is 0 Å². The molecule has 2 heterocycles. The van der Waals surface area contributed by atoms with E-state index >= 15 is 0 Å². The molecule has 0 aliphatic carbocycles. The van der Waals surface area contributed by atoms with Crippen LogP contribution in [0.25, 0.3) is 0 Å². The van der Waals surface area contributed by atoms with E-state index in [4.69, 9.17) is 26.4 Å². The molecule has 2 aliphatic rings. The fraction of sp³-hybridized carbons (Fsp3) is 0.933. The van der Waals surface area contributed by atoms with E-state index in [1.807, 2.05) is 0 Å². The van der Waals surface area contributed by atoms with Crippen LogP contribution >= 0.6 is 7.60 Å². The van der Waals surface area contributed by atoms with Crippen LogP contribution in [0.1, 0.15) is 19.8 Å². The molecule has 0 saturated carbocycles. The van der Waals surface area contributed by atoms with Crippen LogP contribution in [0.3, 0.4) is 0 Å². The Labute approximate surface area is 167 Å².